The van der Waals surface area contributed by atoms with E-state index in [0.717, 1.165) is 22.5 Å². The maximum Gasteiger partial charge on any atom is 0.515 e. The van der Waals surface area contributed by atoms with Crippen LogP contribution in [0.5, 0.6) is 0 Å². The number of ether oxygens (including phenoxy) is 2. The van der Waals surface area contributed by atoms with E-state index in [1.54, 1.807) is 37.3 Å². The molecule has 1 heterocycles. The highest BCUT2D eigenvalue weighted by Gasteiger charge is 2.56. The second kappa shape index (κ2) is 13.2. The van der Waals surface area contributed by atoms with Gasteiger partial charge in [-0.15, -0.1) is 0 Å². The third kappa shape index (κ3) is 6.45. The standard InChI is InChI=1S/C29H32ClFN2O8S/c1-2-40-27(34)22-11-6-7-13-26(22)42(38,39)32(24-15-14-21(31)17-23(24)30)19-33(29(36)37)16-8-12-25(33)28(35)41-18-20-9-4-3-5-10-20/h3-5,9-11,14-15,17,25-26H,2,6-8,12-13,16,18-19H2,1H3/p+1/t25-,26?,33?/m1/s1. The van der Waals surface area contributed by atoms with Crippen molar-refractivity contribution >= 4 is 45.3 Å². The first-order valence-corrected chi connectivity index (χ1v) is 15.5. The lowest BCUT2D eigenvalue weighted by molar-refractivity contribution is -0.859. The minimum absolute atomic E-state index is 0.0300. The lowest BCUT2D eigenvalue weighted by Gasteiger charge is -2.39. The first kappa shape index (κ1) is 31.5. The number of likely N-dealkylation sites (tertiary alicyclic amines) is 1. The molecule has 1 aliphatic carbocycles. The van der Waals surface area contributed by atoms with E-state index in [9.17, 15) is 32.3 Å². The number of hydrogen-bond acceptors (Lipinski definition) is 7. The highest BCUT2D eigenvalue weighted by atomic mass is 35.5. The van der Waals surface area contributed by atoms with Crippen LogP contribution in [-0.4, -0.2) is 67.2 Å². The third-order valence-corrected chi connectivity index (χ3v) is 10.1. The van der Waals surface area contributed by atoms with Crippen molar-refractivity contribution in [3.63, 3.8) is 0 Å². The molecule has 1 saturated heterocycles. The van der Waals surface area contributed by atoms with Crippen molar-refractivity contribution in [1.29, 1.82) is 0 Å². The molecule has 4 rings (SSSR count). The van der Waals surface area contributed by atoms with Crippen molar-refractivity contribution in [2.45, 2.75) is 56.9 Å². The van der Waals surface area contributed by atoms with Crippen molar-refractivity contribution < 1.29 is 46.3 Å². The highest BCUT2D eigenvalue weighted by Crippen LogP contribution is 2.38. The lowest BCUT2D eigenvalue weighted by atomic mass is 9.99. The molecule has 226 valence electrons. The number of esters is 2. The molecular formula is C29H33ClFN2O8S+. The van der Waals surface area contributed by atoms with Gasteiger partial charge in [0, 0.05) is 12.8 Å². The molecule has 42 heavy (non-hydrogen) atoms. The van der Waals surface area contributed by atoms with E-state index in [0.29, 0.717) is 24.8 Å². The number of carbonyl (C=O) groups excluding carboxylic acids is 2. The third-order valence-electron chi connectivity index (χ3n) is 7.63. The smallest absolute Gasteiger partial charge is 0.463 e. The number of quaternary nitrogens is 1. The maximum atomic E-state index is 14.4. The van der Waals surface area contributed by atoms with Crippen LogP contribution >= 0.6 is 11.6 Å². The van der Waals surface area contributed by atoms with Crippen LogP contribution in [-0.2, 0) is 35.7 Å². The summed E-state index contributed by atoms with van der Waals surface area (Å²) in [7, 11) is -4.56. The molecule has 0 spiro atoms. The quantitative estimate of drug-likeness (QED) is 0.289. The fraction of sp³-hybridized carbons (Fsp3) is 0.414. The van der Waals surface area contributed by atoms with Gasteiger partial charge in [-0.1, -0.05) is 48.0 Å². The zero-order valence-electron chi connectivity index (χ0n) is 23.1. The second-order valence-corrected chi connectivity index (χ2v) is 12.7. The molecule has 0 aromatic heterocycles. The van der Waals surface area contributed by atoms with Gasteiger partial charge in [-0.3, -0.25) is 0 Å². The number of anilines is 1. The average molecular weight is 624 g/mol. The molecule has 3 atom stereocenters. The van der Waals surface area contributed by atoms with E-state index >= 15 is 0 Å². The molecule has 10 nitrogen and oxygen atoms in total. The summed E-state index contributed by atoms with van der Waals surface area (Å²) in [6.45, 7) is 0.734. The molecule has 2 aliphatic rings. The van der Waals surface area contributed by atoms with Gasteiger partial charge in [-0.25, -0.2) is 26.7 Å². The Morgan fingerprint density at radius 3 is 2.50 bits per heavy atom. The Labute approximate surface area is 248 Å². The van der Waals surface area contributed by atoms with Crippen LogP contribution in [0, 0.1) is 5.82 Å². The van der Waals surface area contributed by atoms with Crippen LogP contribution in [0.3, 0.4) is 0 Å². The molecule has 0 saturated carbocycles. The summed E-state index contributed by atoms with van der Waals surface area (Å²) >= 11 is 6.35. The van der Waals surface area contributed by atoms with Gasteiger partial charge in [-0.2, -0.15) is 9.28 Å². The van der Waals surface area contributed by atoms with Gasteiger partial charge in [0.1, 0.15) is 17.7 Å². The van der Waals surface area contributed by atoms with E-state index < -0.39 is 56.3 Å². The number of amides is 1. The van der Waals surface area contributed by atoms with Crippen LogP contribution in [0.25, 0.3) is 0 Å². The predicted octanol–water partition coefficient (Wildman–Crippen LogP) is 5.02. The zero-order valence-corrected chi connectivity index (χ0v) is 24.7. The van der Waals surface area contributed by atoms with Crippen molar-refractivity contribution in [3.05, 3.63) is 76.6 Å². The molecule has 1 N–H and O–H groups in total. The van der Waals surface area contributed by atoms with E-state index in [1.807, 2.05) is 0 Å². The van der Waals surface area contributed by atoms with Gasteiger partial charge in [0.05, 0.1) is 29.4 Å². The molecule has 1 fully saturated rings. The summed E-state index contributed by atoms with van der Waals surface area (Å²) in [6.07, 6.45) is 1.50. The molecule has 1 amide bonds. The molecular weight excluding hydrogens is 591 g/mol. The van der Waals surface area contributed by atoms with Crippen LogP contribution in [0.1, 0.15) is 44.6 Å². The molecule has 2 aromatic carbocycles. The number of rotatable bonds is 10. The van der Waals surface area contributed by atoms with E-state index in [-0.39, 0.29) is 48.9 Å². The Morgan fingerprint density at radius 2 is 1.83 bits per heavy atom. The Hall–Kier alpha value is -3.48. The molecule has 13 heteroatoms. The minimum atomic E-state index is -4.56. The summed E-state index contributed by atoms with van der Waals surface area (Å²) in [5.74, 6) is -2.30. The van der Waals surface area contributed by atoms with Gasteiger partial charge < -0.3 is 14.6 Å². The van der Waals surface area contributed by atoms with Crippen molar-refractivity contribution in [3.8, 4) is 0 Å². The van der Waals surface area contributed by atoms with Gasteiger partial charge in [0.2, 0.25) is 10.0 Å². The van der Waals surface area contributed by atoms with Crippen molar-refractivity contribution in [1.82, 2.24) is 0 Å². The number of benzene rings is 2. The van der Waals surface area contributed by atoms with Crippen LogP contribution in [0.15, 0.2) is 60.2 Å². The SMILES string of the molecule is CCOC(=O)C1=CCCCC1S(=O)(=O)N(C[N+]1(C(=O)O)CCC[C@@H]1C(=O)OCc1ccccc1)c1ccc(F)cc1Cl. The first-order valence-electron chi connectivity index (χ1n) is 13.7. The molecule has 0 bridgehead atoms. The van der Waals surface area contributed by atoms with Gasteiger partial charge in [0.15, 0.2) is 12.7 Å². The summed E-state index contributed by atoms with van der Waals surface area (Å²) in [6, 6.07) is 10.7. The molecule has 0 radical (unpaired) electrons. The summed E-state index contributed by atoms with van der Waals surface area (Å²) in [5, 5.41) is 8.88. The maximum absolute atomic E-state index is 14.4. The Balaban J connectivity index is 1.76. The van der Waals surface area contributed by atoms with E-state index in [4.69, 9.17) is 21.1 Å². The number of halogens is 2. The minimum Gasteiger partial charge on any atom is -0.463 e. The van der Waals surface area contributed by atoms with Gasteiger partial charge >= 0.3 is 18.0 Å². The first-order chi connectivity index (χ1) is 20.0. The van der Waals surface area contributed by atoms with E-state index in [1.165, 1.54) is 6.08 Å². The number of allylic oxidation sites excluding steroid dienone is 1. The Morgan fingerprint density at radius 1 is 1.10 bits per heavy atom. The molecule has 2 unspecified atom stereocenters. The van der Waals surface area contributed by atoms with E-state index in [2.05, 4.69) is 0 Å². The second-order valence-electron chi connectivity index (χ2n) is 10.2. The molecule has 2 aromatic rings. The fourth-order valence-electron chi connectivity index (χ4n) is 5.52. The monoisotopic (exact) mass is 623 g/mol. The zero-order chi connectivity index (χ0) is 30.5. The van der Waals surface area contributed by atoms with Crippen LogP contribution in [0.4, 0.5) is 14.9 Å². The predicted molar refractivity (Wildman–Crippen MR) is 152 cm³/mol. The lowest BCUT2D eigenvalue weighted by Crippen LogP contribution is -2.64. The summed E-state index contributed by atoms with van der Waals surface area (Å²) < 4.78 is 53.2. The Kier molecular flexibility index (Phi) is 9.90. The largest absolute Gasteiger partial charge is 0.515 e. The normalized spacial score (nSPS) is 22.2. The number of carbonyl (C=O) groups is 3. The fourth-order valence-corrected chi connectivity index (χ4v) is 7.92. The van der Waals surface area contributed by atoms with Crippen molar-refractivity contribution in [2.75, 3.05) is 24.1 Å². The number of nitrogens with zero attached hydrogens (tertiary/aromatic N) is 2. The van der Waals surface area contributed by atoms with Gasteiger partial charge in [0.25, 0.3) is 0 Å². The topological polar surface area (TPSA) is 127 Å². The number of carboxylic acid groups (broad SMARTS) is 1. The van der Waals surface area contributed by atoms with Crippen LogP contribution in [0.2, 0.25) is 5.02 Å². The summed E-state index contributed by atoms with van der Waals surface area (Å²) in [4.78, 5) is 39.0. The average Bonchev–Trinajstić information content (AvgIpc) is 3.41. The van der Waals surface area contributed by atoms with Gasteiger partial charge in [-0.05, 0) is 49.9 Å². The number of sulfonamides is 1. The van der Waals surface area contributed by atoms with Crippen LogP contribution < -0.4 is 4.31 Å². The van der Waals surface area contributed by atoms with Crippen molar-refractivity contribution in [2.24, 2.45) is 0 Å². The number of hydrogen-bond donors (Lipinski definition) is 1. The Bertz CT molecular complexity index is 1470. The highest BCUT2D eigenvalue weighted by molar-refractivity contribution is 7.93. The molecule has 1 aliphatic heterocycles. The summed E-state index contributed by atoms with van der Waals surface area (Å²) in [5.41, 5.74) is 0.470.